The minimum Gasteiger partial charge on any atom is -0.371 e. The van der Waals surface area contributed by atoms with Crippen molar-refractivity contribution in [1.29, 1.82) is 0 Å². The van der Waals surface area contributed by atoms with Crippen molar-refractivity contribution >= 4 is 18.3 Å². The Labute approximate surface area is 109 Å². The Morgan fingerprint density at radius 2 is 1.82 bits per heavy atom. The molecule has 0 aliphatic heterocycles. The molecule has 0 aromatic heterocycles. The van der Waals surface area contributed by atoms with Crippen LogP contribution >= 0.6 is 12.6 Å². The number of hydrogen-bond donors (Lipinski definition) is 1. The van der Waals surface area contributed by atoms with E-state index < -0.39 is 0 Å². The maximum absolute atomic E-state index is 12.9. The highest BCUT2D eigenvalue weighted by Gasteiger charge is 2.15. The van der Waals surface area contributed by atoms with Crippen molar-refractivity contribution in [2.75, 3.05) is 23.7 Å². The van der Waals surface area contributed by atoms with E-state index in [-0.39, 0.29) is 5.82 Å². The highest BCUT2D eigenvalue weighted by molar-refractivity contribution is 7.80. The Hall–Kier alpha value is -0.700. The van der Waals surface area contributed by atoms with E-state index in [1.165, 1.54) is 12.1 Å². The lowest BCUT2D eigenvalue weighted by atomic mass is 9.97. The summed E-state index contributed by atoms with van der Waals surface area (Å²) in [5.74, 6) is 1.87. The fraction of sp³-hybridized carbons (Fsp3) is 0.571. The molecule has 0 bridgehead atoms. The minimum absolute atomic E-state index is 0.181. The number of thiol groups is 1. The fourth-order valence-electron chi connectivity index (χ4n) is 1.83. The van der Waals surface area contributed by atoms with E-state index in [2.05, 4.69) is 38.3 Å². The quantitative estimate of drug-likeness (QED) is 0.756. The minimum atomic E-state index is -0.181. The van der Waals surface area contributed by atoms with E-state index in [1.807, 2.05) is 12.1 Å². The fourth-order valence-corrected chi connectivity index (χ4v) is 2.37. The SMILES string of the molecule is CCN(CC(CS)C(C)C)c1ccc(F)cc1. The second-order valence-corrected chi connectivity index (χ2v) is 5.07. The predicted molar refractivity (Wildman–Crippen MR) is 76.5 cm³/mol. The molecule has 0 aliphatic carbocycles. The molecule has 0 heterocycles. The van der Waals surface area contributed by atoms with E-state index >= 15 is 0 Å². The second kappa shape index (κ2) is 6.90. The van der Waals surface area contributed by atoms with Crippen LogP contribution in [0.5, 0.6) is 0 Å². The standard InChI is InChI=1S/C14H22FNS/c1-4-16(9-12(10-17)11(2)3)14-7-5-13(15)6-8-14/h5-8,11-12,17H,4,9-10H2,1-3H3. The van der Waals surface area contributed by atoms with Gasteiger partial charge in [0.15, 0.2) is 0 Å². The van der Waals surface area contributed by atoms with Crippen molar-refractivity contribution in [3.05, 3.63) is 30.1 Å². The molecule has 0 spiro atoms. The van der Waals surface area contributed by atoms with Gasteiger partial charge in [-0.1, -0.05) is 13.8 Å². The Bertz CT molecular complexity index is 323. The van der Waals surface area contributed by atoms with Crippen molar-refractivity contribution in [1.82, 2.24) is 0 Å². The molecular weight excluding hydrogens is 233 g/mol. The lowest BCUT2D eigenvalue weighted by Gasteiger charge is -2.29. The average Bonchev–Trinajstić information content (AvgIpc) is 2.32. The molecule has 0 aliphatic rings. The van der Waals surface area contributed by atoms with Gasteiger partial charge in [-0.15, -0.1) is 0 Å². The summed E-state index contributed by atoms with van der Waals surface area (Å²) in [5.41, 5.74) is 1.08. The third kappa shape index (κ3) is 4.23. The van der Waals surface area contributed by atoms with E-state index in [4.69, 9.17) is 0 Å². The van der Waals surface area contributed by atoms with Crippen molar-refractivity contribution in [2.45, 2.75) is 20.8 Å². The summed E-state index contributed by atoms with van der Waals surface area (Å²) < 4.78 is 12.9. The summed E-state index contributed by atoms with van der Waals surface area (Å²) in [6, 6.07) is 6.72. The summed E-state index contributed by atoms with van der Waals surface area (Å²) in [6.45, 7) is 8.48. The smallest absolute Gasteiger partial charge is 0.123 e. The first-order chi connectivity index (χ1) is 8.08. The van der Waals surface area contributed by atoms with Crippen molar-refractivity contribution in [3.63, 3.8) is 0 Å². The number of benzene rings is 1. The van der Waals surface area contributed by atoms with Gasteiger partial charge in [-0.25, -0.2) is 4.39 Å². The van der Waals surface area contributed by atoms with Gasteiger partial charge in [-0.2, -0.15) is 12.6 Å². The monoisotopic (exact) mass is 255 g/mol. The van der Waals surface area contributed by atoms with Gasteiger partial charge in [0.1, 0.15) is 5.82 Å². The molecule has 1 aromatic rings. The van der Waals surface area contributed by atoms with Crippen LogP contribution in [0, 0.1) is 17.7 Å². The normalized spacial score (nSPS) is 12.8. The predicted octanol–water partition coefficient (Wildman–Crippen LogP) is 3.85. The van der Waals surface area contributed by atoms with Gasteiger partial charge < -0.3 is 4.90 Å². The van der Waals surface area contributed by atoms with Crippen LogP contribution in [0.3, 0.4) is 0 Å². The highest BCUT2D eigenvalue weighted by Crippen LogP contribution is 2.20. The van der Waals surface area contributed by atoms with Crippen molar-refractivity contribution < 1.29 is 4.39 Å². The average molecular weight is 255 g/mol. The first-order valence-corrected chi connectivity index (χ1v) is 6.83. The molecule has 0 amide bonds. The van der Waals surface area contributed by atoms with Crippen molar-refractivity contribution in [2.24, 2.45) is 11.8 Å². The zero-order chi connectivity index (χ0) is 12.8. The summed E-state index contributed by atoms with van der Waals surface area (Å²) >= 11 is 4.41. The molecule has 0 fully saturated rings. The maximum atomic E-state index is 12.9. The number of anilines is 1. The zero-order valence-corrected chi connectivity index (χ0v) is 11.8. The molecule has 96 valence electrons. The maximum Gasteiger partial charge on any atom is 0.123 e. The molecular formula is C14H22FNS. The topological polar surface area (TPSA) is 3.24 Å². The molecule has 0 radical (unpaired) electrons. The van der Waals surface area contributed by atoms with E-state index in [0.29, 0.717) is 11.8 Å². The van der Waals surface area contributed by atoms with Gasteiger partial charge in [-0.3, -0.25) is 0 Å². The zero-order valence-electron chi connectivity index (χ0n) is 10.9. The Balaban J connectivity index is 2.74. The molecule has 3 heteroatoms. The first-order valence-electron chi connectivity index (χ1n) is 6.19. The molecule has 1 unspecified atom stereocenters. The van der Waals surface area contributed by atoms with Crippen LogP contribution in [0.25, 0.3) is 0 Å². The van der Waals surface area contributed by atoms with Crippen LogP contribution < -0.4 is 4.90 Å². The van der Waals surface area contributed by atoms with Crippen LogP contribution in [-0.4, -0.2) is 18.8 Å². The Morgan fingerprint density at radius 1 is 1.24 bits per heavy atom. The molecule has 0 N–H and O–H groups in total. The largest absolute Gasteiger partial charge is 0.371 e. The summed E-state index contributed by atoms with van der Waals surface area (Å²) in [5, 5.41) is 0. The Kier molecular flexibility index (Phi) is 5.83. The van der Waals surface area contributed by atoms with Crippen LogP contribution in [0.15, 0.2) is 24.3 Å². The molecule has 1 nitrogen and oxygen atoms in total. The second-order valence-electron chi connectivity index (χ2n) is 4.70. The molecule has 1 aromatic carbocycles. The van der Waals surface area contributed by atoms with Gasteiger partial charge in [0.05, 0.1) is 0 Å². The van der Waals surface area contributed by atoms with Gasteiger partial charge in [-0.05, 0) is 48.8 Å². The van der Waals surface area contributed by atoms with E-state index in [9.17, 15) is 4.39 Å². The molecule has 1 atom stereocenters. The highest BCUT2D eigenvalue weighted by atomic mass is 32.1. The van der Waals surface area contributed by atoms with Gasteiger partial charge >= 0.3 is 0 Å². The van der Waals surface area contributed by atoms with Crippen LogP contribution in [0.2, 0.25) is 0 Å². The molecule has 17 heavy (non-hydrogen) atoms. The number of hydrogen-bond acceptors (Lipinski definition) is 2. The van der Waals surface area contributed by atoms with Gasteiger partial charge in [0.25, 0.3) is 0 Å². The van der Waals surface area contributed by atoms with Crippen LogP contribution in [0.1, 0.15) is 20.8 Å². The third-order valence-corrected chi connectivity index (χ3v) is 3.67. The third-order valence-electron chi connectivity index (χ3n) is 3.21. The van der Waals surface area contributed by atoms with Gasteiger partial charge in [0, 0.05) is 18.8 Å². The molecule has 1 rings (SSSR count). The molecule has 0 saturated heterocycles. The molecule has 0 saturated carbocycles. The lowest BCUT2D eigenvalue weighted by molar-refractivity contribution is 0.425. The van der Waals surface area contributed by atoms with Crippen molar-refractivity contribution in [3.8, 4) is 0 Å². The van der Waals surface area contributed by atoms with Crippen LogP contribution in [-0.2, 0) is 0 Å². The number of rotatable bonds is 6. The van der Waals surface area contributed by atoms with E-state index in [1.54, 1.807) is 0 Å². The lowest BCUT2D eigenvalue weighted by Crippen LogP contribution is -2.32. The van der Waals surface area contributed by atoms with Crippen LogP contribution in [0.4, 0.5) is 10.1 Å². The summed E-state index contributed by atoms with van der Waals surface area (Å²) in [4.78, 5) is 2.28. The van der Waals surface area contributed by atoms with E-state index in [0.717, 1.165) is 24.5 Å². The van der Waals surface area contributed by atoms with Gasteiger partial charge in [0.2, 0.25) is 0 Å². The number of halogens is 1. The number of nitrogens with zero attached hydrogens (tertiary/aromatic N) is 1. The Morgan fingerprint density at radius 3 is 2.24 bits per heavy atom. The summed E-state index contributed by atoms with van der Waals surface area (Å²) in [7, 11) is 0. The first kappa shape index (κ1) is 14.4. The summed E-state index contributed by atoms with van der Waals surface area (Å²) in [6.07, 6.45) is 0.